The van der Waals surface area contributed by atoms with Gasteiger partial charge in [-0.3, -0.25) is 0 Å². The molecule has 11 heteroatoms. The molecule has 0 rings (SSSR count). The first-order valence-corrected chi connectivity index (χ1v) is 17.7. The minimum atomic E-state index is -0.351. The Kier molecular flexibility index (Phi) is 95.3. The van der Waals surface area contributed by atoms with E-state index in [4.69, 9.17) is 52.1 Å². The molecule has 0 unspecified atom stereocenters. The molecule has 360 valence electrons. The quantitative estimate of drug-likeness (QED) is 0.0619. The van der Waals surface area contributed by atoms with E-state index in [0.717, 1.165) is 0 Å². The van der Waals surface area contributed by atoms with Crippen molar-refractivity contribution in [1.29, 1.82) is 0 Å². The maximum absolute atomic E-state index is 6.27. The van der Waals surface area contributed by atoms with Gasteiger partial charge < -0.3 is 52.1 Å². The van der Waals surface area contributed by atoms with E-state index >= 15 is 0 Å². The zero-order chi connectivity index (χ0) is 34.8. The minimum Gasteiger partial charge on any atom is -0.381 e. The van der Waals surface area contributed by atoms with Crippen LogP contribution in [0.1, 0.15) is 144 Å². The van der Waals surface area contributed by atoms with Gasteiger partial charge in [-0.15, -0.1) is 0 Å². The molecule has 11 nitrogen and oxygen atoms in total. The highest BCUT2D eigenvalue weighted by Gasteiger charge is 2.36. The van der Waals surface area contributed by atoms with E-state index in [2.05, 4.69) is 0 Å². The summed E-state index contributed by atoms with van der Waals surface area (Å²) >= 11 is 0. The van der Waals surface area contributed by atoms with Gasteiger partial charge in [-0.05, 0) is 69.2 Å². The monoisotopic (exact) mass is 831 g/mol. The summed E-state index contributed by atoms with van der Waals surface area (Å²) in [5.74, 6) is 0. The maximum atomic E-state index is 6.27. The van der Waals surface area contributed by atoms with Gasteiger partial charge in [0, 0.05) is 66.1 Å². The fraction of sp³-hybridized carbons (Fsp3) is 1.00. The van der Waals surface area contributed by atoms with Crippen molar-refractivity contribution in [3.63, 3.8) is 0 Å². The molecule has 0 saturated carbocycles. The van der Waals surface area contributed by atoms with Crippen LogP contribution < -0.4 is 0 Å². The van der Waals surface area contributed by atoms with Gasteiger partial charge in [0.2, 0.25) is 0 Å². The third-order valence-corrected chi connectivity index (χ3v) is 6.94. The average Bonchev–Trinajstić information content (AvgIpc) is 3.08. The van der Waals surface area contributed by atoms with Crippen LogP contribution in [0.3, 0.4) is 0 Å². The normalized spacial score (nSPS) is 10.2. The van der Waals surface area contributed by atoms with Gasteiger partial charge in [0.15, 0.2) is 0 Å². The predicted molar refractivity (Wildman–Crippen MR) is 250 cm³/mol. The fourth-order valence-electron chi connectivity index (χ4n) is 4.42. The molecule has 0 aliphatic rings. The van der Waals surface area contributed by atoms with Gasteiger partial charge >= 0.3 is 0 Å². The maximum Gasteiger partial charge on any atom is 0.0637 e. The number of hydrogen-bond acceptors (Lipinski definition) is 11. The Balaban J connectivity index is -0.0000000637. The molecule has 0 N–H and O–H groups in total. The van der Waals surface area contributed by atoms with E-state index < -0.39 is 0 Å². The molecule has 0 aromatic carbocycles. The van der Waals surface area contributed by atoms with Crippen LogP contribution >= 0.6 is 0 Å². The zero-order valence-electron chi connectivity index (χ0n) is 31.5. The van der Waals surface area contributed by atoms with E-state index in [1.807, 2.05) is 69.2 Å². The minimum absolute atomic E-state index is 0. The van der Waals surface area contributed by atoms with Crippen LogP contribution in [0.15, 0.2) is 0 Å². The first-order valence-electron chi connectivity index (χ1n) is 17.7. The third kappa shape index (κ3) is 44.7. The van der Waals surface area contributed by atoms with Crippen molar-refractivity contribution in [3.05, 3.63) is 0 Å². The highest BCUT2D eigenvalue weighted by molar-refractivity contribution is 4.83. The molecule has 0 atom stereocenters. The highest BCUT2D eigenvalue weighted by atomic mass is 16.5. The Morgan fingerprint density at radius 1 is 0.179 bits per heavy atom. The Morgan fingerprint density at radius 2 is 0.268 bits per heavy atom. The number of hydrogen-bond donors (Lipinski definition) is 0. The van der Waals surface area contributed by atoms with E-state index in [0.29, 0.717) is 145 Å². The van der Waals surface area contributed by atoms with Crippen molar-refractivity contribution in [2.24, 2.45) is 16.2 Å². The summed E-state index contributed by atoms with van der Waals surface area (Å²) < 4.78 is 63.0. The van der Waals surface area contributed by atoms with E-state index in [-0.39, 0.29) is 90.5 Å². The molecular weight excluding hydrogens is 716 g/mol. The lowest BCUT2D eigenvalue weighted by Gasteiger charge is -2.36. The first-order chi connectivity index (χ1) is 22.3. The van der Waals surface area contributed by atoms with Crippen molar-refractivity contribution >= 4 is 0 Å². The lowest BCUT2D eigenvalue weighted by atomic mass is 9.90. The Bertz CT molecular complexity index is 500. The van der Waals surface area contributed by atoms with Crippen LogP contribution in [-0.4, -0.2) is 145 Å². The van der Waals surface area contributed by atoms with Crippen LogP contribution in [-0.2, 0) is 52.1 Å². The van der Waals surface area contributed by atoms with Crippen molar-refractivity contribution < 1.29 is 52.1 Å². The second-order valence-electron chi connectivity index (χ2n) is 11.4. The van der Waals surface area contributed by atoms with Crippen molar-refractivity contribution in [3.8, 4) is 0 Å². The average molecular weight is 831 g/mol. The second kappa shape index (κ2) is 61.2. The van der Waals surface area contributed by atoms with Crippen LogP contribution in [0.2, 0.25) is 0 Å². The fourth-order valence-corrected chi connectivity index (χ4v) is 4.42. The molecule has 0 bridgehead atoms. The lowest BCUT2D eigenvalue weighted by molar-refractivity contribution is -0.139. The topological polar surface area (TPSA) is 102 Å². The smallest absolute Gasteiger partial charge is 0.0637 e. The molecule has 0 fully saturated rings. The largest absolute Gasteiger partial charge is 0.381 e. The predicted octanol–water partition coefficient (Wildman–Crippen LogP) is 11.7. The van der Waals surface area contributed by atoms with E-state index in [1.165, 1.54) is 0 Å². The molecule has 0 aliphatic heterocycles. The molecule has 0 heterocycles. The van der Waals surface area contributed by atoms with Crippen LogP contribution in [0.4, 0.5) is 0 Å². The molecule has 0 aromatic heterocycles. The van der Waals surface area contributed by atoms with Crippen molar-refractivity contribution in [2.45, 2.75) is 144 Å². The highest BCUT2D eigenvalue weighted by Crippen LogP contribution is 2.25. The summed E-state index contributed by atoms with van der Waals surface area (Å²) in [6.45, 7) is 33.1. The summed E-state index contributed by atoms with van der Waals surface area (Å²) in [5, 5.41) is 0. The lowest BCUT2D eigenvalue weighted by Crippen LogP contribution is -2.46. The Morgan fingerprint density at radius 3 is 0.357 bits per heavy atom. The molecule has 0 saturated heterocycles. The van der Waals surface area contributed by atoms with E-state index in [9.17, 15) is 0 Å². The van der Waals surface area contributed by atoms with E-state index in [1.54, 1.807) is 0 Å². The molecule has 0 aliphatic carbocycles. The van der Waals surface area contributed by atoms with Gasteiger partial charge in [-0.2, -0.15) is 0 Å². The summed E-state index contributed by atoms with van der Waals surface area (Å²) in [7, 11) is 0. The molecule has 56 heavy (non-hydrogen) atoms. The SMILES string of the molecule is C.C.C.C.C.C.C.C.C.C.CCOCC(COCC)(COCC)COCC.CCOCC(COCC)(COCC)COCC(COCC)(COCC)COCC. The summed E-state index contributed by atoms with van der Waals surface area (Å²) in [6, 6.07) is 0. The summed E-state index contributed by atoms with van der Waals surface area (Å²) in [5.41, 5.74) is -0.884. The van der Waals surface area contributed by atoms with Crippen LogP contribution in [0.5, 0.6) is 0 Å². The Hall–Kier alpha value is -0.440. The summed E-state index contributed by atoms with van der Waals surface area (Å²) in [6.07, 6.45) is 0. The number of rotatable bonds is 34. The molecule has 0 aromatic rings. The van der Waals surface area contributed by atoms with Crippen molar-refractivity contribution in [2.75, 3.05) is 145 Å². The van der Waals surface area contributed by atoms with Crippen LogP contribution in [0.25, 0.3) is 0 Å². The standard InChI is InChI=1S/C22H46O7.C13H28O4.10CH4/c1-7-23-13-21(14-24-8-2,15-25-9-3)19-29-20-22(16-26-10-4,17-27-11-5)18-28-12-6;1-5-14-9-13(10-15-6-2,11-16-7-3)12-17-8-4;;;;;;;;;;/h7-20H2,1-6H3;5-12H2,1-4H3;10*1H4. The van der Waals surface area contributed by atoms with Crippen molar-refractivity contribution in [1.82, 2.24) is 0 Å². The van der Waals surface area contributed by atoms with Gasteiger partial charge in [-0.25, -0.2) is 0 Å². The number of ether oxygens (including phenoxy) is 11. The molecule has 0 spiro atoms. The zero-order valence-corrected chi connectivity index (χ0v) is 31.5. The Labute approximate surface area is 356 Å². The van der Waals surface area contributed by atoms with Crippen LogP contribution in [0, 0.1) is 16.2 Å². The summed E-state index contributed by atoms with van der Waals surface area (Å²) in [4.78, 5) is 0. The van der Waals surface area contributed by atoms with Gasteiger partial charge in [-0.1, -0.05) is 74.3 Å². The molecule has 0 radical (unpaired) electrons. The third-order valence-electron chi connectivity index (χ3n) is 6.94. The van der Waals surface area contributed by atoms with Gasteiger partial charge in [0.05, 0.1) is 95.5 Å². The first kappa shape index (κ1) is 87.2. The molecule has 0 amide bonds. The molecular formula is C45H114O11. The van der Waals surface area contributed by atoms with Gasteiger partial charge in [0.25, 0.3) is 0 Å². The second-order valence-corrected chi connectivity index (χ2v) is 11.4. The van der Waals surface area contributed by atoms with Gasteiger partial charge in [0.1, 0.15) is 0 Å².